The number of hydrogen-bond donors (Lipinski definition) is 0. The lowest BCUT2D eigenvalue weighted by atomic mass is 9.73. The van der Waals surface area contributed by atoms with Crippen LogP contribution in [0.2, 0.25) is 0 Å². The Morgan fingerprint density at radius 3 is 0.403 bits per heavy atom. The second kappa shape index (κ2) is 16.4. The van der Waals surface area contributed by atoms with E-state index in [-0.39, 0.29) is 0 Å². The molecule has 6 nitrogen and oxygen atoms in total. The van der Waals surface area contributed by atoms with Gasteiger partial charge in [0.15, 0.2) is 0 Å². The maximum atomic E-state index is 6.83. The van der Waals surface area contributed by atoms with Gasteiger partial charge < -0.3 is 28.4 Å². The van der Waals surface area contributed by atoms with Gasteiger partial charge in [0, 0.05) is 0 Å². The van der Waals surface area contributed by atoms with Crippen LogP contribution in [0.5, 0.6) is 34.5 Å². The van der Waals surface area contributed by atoms with E-state index in [0.717, 1.165) is 34.5 Å². The number of rotatable bonds is 18. The molecule has 0 fully saturated rings. The summed E-state index contributed by atoms with van der Waals surface area (Å²) in [5.41, 5.74) is 0. The Bertz CT molecular complexity index is 3280. The molecule has 13 aromatic rings. The van der Waals surface area contributed by atoms with Crippen LogP contribution in [0.1, 0.15) is 83.1 Å². The number of benzene rings is 13. The van der Waals surface area contributed by atoms with Gasteiger partial charge in [0.1, 0.15) is 34.5 Å². The van der Waals surface area contributed by atoms with E-state index >= 15 is 0 Å². The fourth-order valence-corrected chi connectivity index (χ4v) is 12.2. The highest BCUT2D eigenvalue weighted by molar-refractivity contribution is 6.61. The van der Waals surface area contributed by atoms with Crippen molar-refractivity contribution in [2.45, 2.75) is 83.1 Å². The normalized spacial score (nSPS) is 13.2. The van der Waals surface area contributed by atoms with Gasteiger partial charge in [0.25, 0.3) is 0 Å². The van der Waals surface area contributed by atoms with Crippen LogP contribution in [0.3, 0.4) is 0 Å². The average molecular weight is 955 g/mol. The zero-order valence-electron chi connectivity index (χ0n) is 44.1. The molecule has 0 atom stereocenters. The molecule has 0 unspecified atom stereocenters. The van der Waals surface area contributed by atoms with Gasteiger partial charge in [0.05, 0.1) is 39.6 Å². The van der Waals surface area contributed by atoms with Crippen LogP contribution >= 0.6 is 0 Å². The minimum atomic E-state index is 0.353. The Kier molecular flexibility index (Phi) is 10.3. The van der Waals surface area contributed by atoms with E-state index in [4.69, 9.17) is 28.4 Å². The predicted molar refractivity (Wildman–Crippen MR) is 306 cm³/mol. The summed E-state index contributed by atoms with van der Waals surface area (Å²) in [6.07, 6.45) is 0. The van der Waals surface area contributed by atoms with Crippen LogP contribution in [-0.4, -0.2) is 39.6 Å². The summed E-state index contributed by atoms with van der Waals surface area (Å²) >= 11 is 0. The standard InChI is InChI=1S/C66H66O6/c1-31(2)25-67-37-13-43-45-15-38(68-26-32(3)4)17-47-49-19-40(70-28-34(7)8)21-51-53-23-42(72-30-36(11)12)24-54-52-22-41(71-29-35(9)10)20-50-48-18-39(69-27-33(5)6)16-46-44(14-37)55(43)61-62(56(45)47)64(58(49)51)66(60(53)54)65(59(50)52)63(61)57(46)48/h13-24,31-36H,25-30H2,1-12H3. The molecule has 0 saturated carbocycles. The van der Waals surface area contributed by atoms with E-state index in [2.05, 4.69) is 156 Å². The molecule has 13 rings (SSSR count). The molecule has 0 heterocycles. The minimum absolute atomic E-state index is 0.353. The van der Waals surface area contributed by atoms with Crippen molar-refractivity contribution < 1.29 is 28.4 Å². The Hall–Kier alpha value is -6.66. The monoisotopic (exact) mass is 954 g/mol. The van der Waals surface area contributed by atoms with Gasteiger partial charge in [-0.1, -0.05) is 83.1 Å². The fraction of sp³-hybridized carbons (Fsp3) is 0.364. The molecule has 0 amide bonds. The van der Waals surface area contributed by atoms with E-state index in [0.29, 0.717) is 75.1 Å². The highest BCUT2D eigenvalue weighted by Crippen LogP contribution is 2.62. The van der Waals surface area contributed by atoms with E-state index in [9.17, 15) is 0 Å². The Labute approximate surface area is 421 Å². The molecule has 0 bridgehead atoms. The van der Waals surface area contributed by atoms with Crippen molar-refractivity contribution >= 4 is 129 Å². The lowest BCUT2D eigenvalue weighted by Crippen LogP contribution is -2.07. The summed E-state index contributed by atoms with van der Waals surface area (Å²) in [6, 6.07) is 27.9. The molecule has 0 aliphatic carbocycles. The number of ether oxygens (including phenoxy) is 6. The summed E-state index contributed by atoms with van der Waals surface area (Å²) < 4.78 is 41.0. The van der Waals surface area contributed by atoms with Crippen LogP contribution in [0.25, 0.3) is 129 Å². The summed E-state index contributed by atoms with van der Waals surface area (Å²) in [4.78, 5) is 0. The van der Waals surface area contributed by atoms with Gasteiger partial charge in [-0.25, -0.2) is 0 Å². The molecule has 0 N–H and O–H groups in total. The van der Waals surface area contributed by atoms with E-state index < -0.39 is 0 Å². The van der Waals surface area contributed by atoms with Crippen molar-refractivity contribution in [2.24, 2.45) is 35.5 Å². The molecule has 13 aromatic carbocycles. The first-order valence-corrected chi connectivity index (χ1v) is 26.8. The Balaban J connectivity index is 1.35. The molecule has 0 radical (unpaired) electrons. The summed E-state index contributed by atoms with van der Waals surface area (Å²) in [5, 5.41) is 29.5. The molecule has 6 heteroatoms. The van der Waals surface area contributed by atoms with Crippen molar-refractivity contribution in [3.8, 4) is 34.5 Å². The smallest absolute Gasteiger partial charge is 0.120 e. The highest BCUT2D eigenvalue weighted by atomic mass is 16.5. The first-order chi connectivity index (χ1) is 34.6. The Morgan fingerprint density at radius 1 is 0.194 bits per heavy atom. The molecule has 0 spiro atoms. The van der Waals surface area contributed by atoms with Crippen molar-refractivity contribution in [3.05, 3.63) is 72.8 Å². The molecular formula is C66H66O6. The lowest BCUT2D eigenvalue weighted by Gasteiger charge is -2.30. The fourth-order valence-electron chi connectivity index (χ4n) is 12.2. The van der Waals surface area contributed by atoms with Crippen molar-refractivity contribution in [2.75, 3.05) is 39.6 Å². The van der Waals surface area contributed by atoms with E-state index in [1.807, 2.05) is 0 Å². The van der Waals surface area contributed by atoms with E-state index in [1.165, 1.54) is 129 Å². The first-order valence-electron chi connectivity index (χ1n) is 26.8. The molecule has 72 heavy (non-hydrogen) atoms. The predicted octanol–water partition coefficient (Wildman–Crippen LogP) is 18.4. The third kappa shape index (κ3) is 6.72. The van der Waals surface area contributed by atoms with Crippen LogP contribution in [-0.2, 0) is 0 Å². The zero-order valence-corrected chi connectivity index (χ0v) is 44.1. The zero-order chi connectivity index (χ0) is 49.8. The molecular weight excluding hydrogens is 889 g/mol. The van der Waals surface area contributed by atoms with Crippen LogP contribution in [0.15, 0.2) is 72.8 Å². The van der Waals surface area contributed by atoms with Crippen molar-refractivity contribution in [1.29, 1.82) is 0 Å². The molecule has 0 aliphatic heterocycles. The summed E-state index contributed by atoms with van der Waals surface area (Å²) in [5.74, 6) is 7.33. The van der Waals surface area contributed by atoms with Gasteiger partial charge in [-0.3, -0.25) is 0 Å². The number of hydrogen-bond acceptors (Lipinski definition) is 6. The van der Waals surface area contributed by atoms with Gasteiger partial charge in [-0.15, -0.1) is 0 Å². The van der Waals surface area contributed by atoms with Crippen LogP contribution in [0.4, 0.5) is 0 Å². The minimum Gasteiger partial charge on any atom is -0.493 e. The molecule has 0 aromatic heterocycles. The quantitative estimate of drug-likeness (QED) is 0.0631. The average Bonchev–Trinajstić information content (AvgIpc) is 3.35. The van der Waals surface area contributed by atoms with Crippen molar-refractivity contribution in [1.82, 2.24) is 0 Å². The van der Waals surface area contributed by atoms with Crippen LogP contribution < -0.4 is 28.4 Å². The first kappa shape index (κ1) is 45.2. The largest absolute Gasteiger partial charge is 0.493 e. The highest BCUT2D eigenvalue weighted by Gasteiger charge is 2.33. The molecule has 0 saturated heterocycles. The lowest BCUT2D eigenvalue weighted by molar-refractivity contribution is 0.271. The number of fused-ring (bicyclic) bond motifs is 6. The van der Waals surface area contributed by atoms with E-state index in [1.54, 1.807) is 0 Å². The van der Waals surface area contributed by atoms with Gasteiger partial charge in [-0.2, -0.15) is 0 Å². The second-order valence-electron chi connectivity index (χ2n) is 23.8. The van der Waals surface area contributed by atoms with Crippen molar-refractivity contribution in [3.63, 3.8) is 0 Å². The SMILES string of the molecule is CC(C)COc1cc2c3cc(OCC(C)C)cc4c5cc(OCC(C)C)cc6c7cc(OCC(C)C)cc8c9cc(OCC(C)C)cc%10c%11cc(OCC(C)C)cc%12c(c1)c2c1c(c34)c(c56)c(c78)c(c%109)c1c%12%11. The second-order valence-corrected chi connectivity index (χ2v) is 23.8. The molecule has 0 aliphatic rings. The maximum absolute atomic E-state index is 6.83. The third-order valence-corrected chi connectivity index (χ3v) is 14.9. The maximum Gasteiger partial charge on any atom is 0.120 e. The summed E-state index contributed by atoms with van der Waals surface area (Å²) in [7, 11) is 0. The molecule has 366 valence electrons. The van der Waals surface area contributed by atoms with Gasteiger partial charge in [-0.05, 0) is 238 Å². The topological polar surface area (TPSA) is 55.4 Å². The van der Waals surface area contributed by atoms with Crippen LogP contribution in [0, 0.1) is 35.5 Å². The third-order valence-electron chi connectivity index (χ3n) is 14.9. The summed E-state index contributed by atoms with van der Waals surface area (Å²) in [6.45, 7) is 30.3. The Morgan fingerprint density at radius 2 is 0.306 bits per heavy atom. The van der Waals surface area contributed by atoms with Gasteiger partial charge in [0.2, 0.25) is 0 Å². The van der Waals surface area contributed by atoms with Gasteiger partial charge >= 0.3 is 0 Å².